The van der Waals surface area contributed by atoms with Gasteiger partial charge in [0.25, 0.3) is 5.91 Å². The molecule has 1 aromatic carbocycles. The van der Waals surface area contributed by atoms with Crippen LogP contribution in [0.3, 0.4) is 0 Å². The molecule has 1 amide bonds. The van der Waals surface area contributed by atoms with Crippen molar-refractivity contribution in [2.45, 2.75) is 19.4 Å². The number of hydrogen-bond donors (Lipinski definition) is 0. The van der Waals surface area contributed by atoms with Crippen LogP contribution in [0.1, 0.15) is 22.3 Å². The fourth-order valence-electron chi connectivity index (χ4n) is 2.11. The predicted octanol–water partition coefficient (Wildman–Crippen LogP) is 2.00. The van der Waals surface area contributed by atoms with Crippen LogP contribution in [-0.4, -0.2) is 37.1 Å². The van der Waals surface area contributed by atoms with Crippen LogP contribution in [0.15, 0.2) is 18.2 Å². The molecule has 1 atom stereocenters. The Kier molecular flexibility index (Phi) is 3.43. The number of rotatable bonds is 2. The minimum atomic E-state index is -0.335. The van der Waals surface area contributed by atoms with Crippen LogP contribution in [-0.2, 0) is 4.74 Å². The monoisotopic (exact) mass is 237 g/mol. The number of methoxy groups -OCH3 is 1. The van der Waals surface area contributed by atoms with Gasteiger partial charge in [0.2, 0.25) is 0 Å². The molecule has 2 rings (SSSR count). The number of carbonyl (C=O) groups is 1. The number of ether oxygens (including phenoxy) is 1. The van der Waals surface area contributed by atoms with Crippen molar-refractivity contribution in [2.75, 3.05) is 20.2 Å². The van der Waals surface area contributed by atoms with Gasteiger partial charge >= 0.3 is 0 Å². The predicted molar refractivity (Wildman–Crippen MR) is 62.5 cm³/mol. The first-order valence-electron chi connectivity index (χ1n) is 5.70. The molecule has 0 aromatic heterocycles. The quantitative estimate of drug-likeness (QED) is 0.787. The molecule has 92 valence electrons. The highest BCUT2D eigenvalue weighted by Crippen LogP contribution is 2.19. The summed E-state index contributed by atoms with van der Waals surface area (Å²) in [6.45, 7) is 2.89. The molecule has 1 fully saturated rings. The van der Waals surface area contributed by atoms with E-state index in [1.807, 2.05) is 0 Å². The van der Waals surface area contributed by atoms with Crippen molar-refractivity contribution >= 4 is 5.91 Å². The molecule has 1 aliphatic rings. The molecule has 3 nitrogen and oxygen atoms in total. The Morgan fingerprint density at radius 3 is 2.94 bits per heavy atom. The molecule has 17 heavy (non-hydrogen) atoms. The highest BCUT2D eigenvalue weighted by Gasteiger charge is 2.27. The van der Waals surface area contributed by atoms with Crippen LogP contribution in [0.2, 0.25) is 0 Å². The van der Waals surface area contributed by atoms with Gasteiger partial charge in [-0.15, -0.1) is 0 Å². The van der Waals surface area contributed by atoms with E-state index < -0.39 is 0 Å². The molecule has 0 radical (unpaired) electrons. The number of amides is 1. The Labute approximate surface area is 100 Å². The first kappa shape index (κ1) is 12.0. The summed E-state index contributed by atoms with van der Waals surface area (Å²) in [6, 6.07) is 4.61. The Morgan fingerprint density at radius 2 is 2.29 bits per heavy atom. The zero-order valence-electron chi connectivity index (χ0n) is 10.1. The van der Waals surface area contributed by atoms with Gasteiger partial charge in [-0.05, 0) is 31.0 Å². The van der Waals surface area contributed by atoms with Crippen LogP contribution in [0.5, 0.6) is 0 Å². The first-order chi connectivity index (χ1) is 8.13. The summed E-state index contributed by atoms with van der Waals surface area (Å²) in [7, 11) is 1.64. The van der Waals surface area contributed by atoms with E-state index in [0.29, 0.717) is 24.2 Å². The van der Waals surface area contributed by atoms with Gasteiger partial charge in [-0.3, -0.25) is 4.79 Å². The molecule has 1 unspecified atom stereocenters. The average Bonchev–Trinajstić information content (AvgIpc) is 2.80. The Hall–Kier alpha value is -1.42. The molecule has 0 spiro atoms. The summed E-state index contributed by atoms with van der Waals surface area (Å²) in [5.41, 5.74) is 0.861. The first-order valence-corrected chi connectivity index (χ1v) is 5.70. The maximum atomic E-state index is 13.4. The minimum absolute atomic E-state index is 0.104. The molecule has 0 N–H and O–H groups in total. The number of likely N-dealkylation sites (tertiary alicyclic amines) is 1. The number of carbonyl (C=O) groups excluding carboxylic acids is 1. The highest BCUT2D eigenvalue weighted by atomic mass is 19.1. The summed E-state index contributed by atoms with van der Waals surface area (Å²) in [5.74, 6) is -0.445. The maximum absolute atomic E-state index is 13.4. The van der Waals surface area contributed by atoms with Gasteiger partial charge in [0, 0.05) is 25.8 Å². The van der Waals surface area contributed by atoms with E-state index in [0.717, 1.165) is 6.42 Å². The Balaban J connectivity index is 2.18. The largest absolute Gasteiger partial charge is 0.380 e. The third-order valence-corrected chi connectivity index (χ3v) is 3.26. The lowest BCUT2D eigenvalue weighted by Crippen LogP contribution is -2.30. The Bertz CT molecular complexity index is 433. The van der Waals surface area contributed by atoms with E-state index in [1.165, 1.54) is 6.07 Å². The topological polar surface area (TPSA) is 29.5 Å². The second kappa shape index (κ2) is 4.84. The normalized spacial score (nSPS) is 19.7. The number of hydrogen-bond acceptors (Lipinski definition) is 2. The number of halogens is 1. The van der Waals surface area contributed by atoms with E-state index in [4.69, 9.17) is 4.74 Å². The summed E-state index contributed by atoms with van der Waals surface area (Å²) >= 11 is 0. The zero-order chi connectivity index (χ0) is 12.4. The van der Waals surface area contributed by atoms with Crippen molar-refractivity contribution in [2.24, 2.45) is 0 Å². The lowest BCUT2D eigenvalue weighted by molar-refractivity contribution is 0.0723. The van der Waals surface area contributed by atoms with Crippen LogP contribution in [0, 0.1) is 12.7 Å². The summed E-state index contributed by atoms with van der Waals surface area (Å²) in [4.78, 5) is 13.9. The third-order valence-electron chi connectivity index (χ3n) is 3.26. The lowest BCUT2D eigenvalue weighted by Gasteiger charge is -2.17. The second-order valence-corrected chi connectivity index (χ2v) is 4.31. The molecule has 0 saturated carbocycles. The number of benzene rings is 1. The fourth-order valence-corrected chi connectivity index (χ4v) is 2.11. The van der Waals surface area contributed by atoms with E-state index >= 15 is 0 Å². The van der Waals surface area contributed by atoms with Crippen LogP contribution >= 0.6 is 0 Å². The van der Waals surface area contributed by atoms with Crippen molar-refractivity contribution in [3.63, 3.8) is 0 Å². The Morgan fingerprint density at radius 1 is 1.53 bits per heavy atom. The summed E-state index contributed by atoms with van der Waals surface area (Å²) in [6.07, 6.45) is 0.948. The minimum Gasteiger partial charge on any atom is -0.380 e. The SMILES string of the molecule is COC1CCN(C(=O)c2cccc(F)c2C)C1. The van der Waals surface area contributed by atoms with Gasteiger partial charge in [-0.2, -0.15) is 0 Å². The number of nitrogens with zero attached hydrogens (tertiary/aromatic N) is 1. The molecule has 4 heteroatoms. The van der Waals surface area contributed by atoms with E-state index in [9.17, 15) is 9.18 Å². The standard InChI is InChI=1S/C13H16FNO2/c1-9-11(4-3-5-12(9)14)13(16)15-7-6-10(8-15)17-2/h3-5,10H,6-8H2,1-2H3. The molecule has 1 aromatic rings. The van der Waals surface area contributed by atoms with Gasteiger partial charge in [0.1, 0.15) is 5.82 Å². The van der Waals surface area contributed by atoms with Crippen molar-refractivity contribution in [1.29, 1.82) is 0 Å². The summed E-state index contributed by atoms with van der Waals surface area (Å²) < 4.78 is 18.6. The average molecular weight is 237 g/mol. The van der Waals surface area contributed by atoms with Crippen LogP contribution < -0.4 is 0 Å². The second-order valence-electron chi connectivity index (χ2n) is 4.31. The molecule has 1 saturated heterocycles. The summed E-state index contributed by atoms with van der Waals surface area (Å²) in [5, 5.41) is 0. The molecule has 0 bridgehead atoms. The van der Waals surface area contributed by atoms with Crippen molar-refractivity contribution in [1.82, 2.24) is 4.90 Å². The molecule has 1 aliphatic heterocycles. The van der Waals surface area contributed by atoms with E-state index in [-0.39, 0.29) is 17.8 Å². The van der Waals surface area contributed by atoms with Crippen LogP contribution in [0.4, 0.5) is 4.39 Å². The van der Waals surface area contributed by atoms with Gasteiger partial charge in [-0.25, -0.2) is 4.39 Å². The molecular weight excluding hydrogens is 221 g/mol. The molecule has 0 aliphatic carbocycles. The van der Waals surface area contributed by atoms with Gasteiger partial charge < -0.3 is 9.64 Å². The van der Waals surface area contributed by atoms with Gasteiger partial charge in [0.15, 0.2) is 0 Å². The zero-order valence-corrected chi connectivity index (χ0v) is 10.1. The third kappa shape index (κ3) is 2.31. The fraction of sp³-hybridized carbons (Fsp3) is 0.462. The highest BCUT2D eigenvalue weighted by molar-refractivity contribution is 5.95. The lowest BCUT2D eigenvalue weighted by atomic mass is 10.1. The maximum Gasteiger partial charge on any atom is 0.254 e. The van der Waals surface area contributed by atoms with Gasteiger partial charge in [0.05, 0.1) is 6.10 Å². The van der Waals surface area contributed by atoms with Crippen molar-refractivity contribution in [3.8, 4) is 0 Å². The van der Waals surface area contributed by atoms with Crippen molar-refractivity contribution < 1.29 is 13.9 Å². The van der Waals surface area contributed by atoms with Crippen LogP contribution in [0.25, 0.3) is 0 Å². The van der Waals surface area contributed by atoms with E-state index in [2.05, 4.69) is 0 Å². The smallest absolute Gasteiger partial charge is 0.254 e. The van der Waals surface area contributed by atoms with Crippen molar-refractivity contribution in [3.05, 3.63) is 35.1 Å². The van der Waals surface area contributed by atoms with Gasteiger partial charge in [-0.1, -0.05) is 6.07 Å². The van der Waals surface area contributed by atoms with E-state index in [1.54, 1.807) is 31.1 Å². The molecule has 1 heterocycles. The molecular formula is C13H16FNO2.